The second-order valence-corrected chi connectivity index (χ2v) is 2.88. The van der Waals surface area contributed by atoms with Crippen LogP contribution in [0.15, 0.2) is 49.6 Å². The van der Waals surface area contributed by atoms with Crippen LogP contribution in [0.25, 0.3) is 11.6 Å². The first-order valence-electron chi connectivity index (χ1n) is 4.30. The van der Waals surface area contributed by atoms with Crippen LogP contribution in [-0.4, -0.2) is 0 Å². The zero-order valence-electron chi connectivity index (χ0n) is 7.96. The van der Waals surface area contributed by atoms with Gasteiger partial charge < -0.3 is 0 Å². The molecule has 0 saturated heterocycles. The van der Waals surface area contributed by atoms with Gasteiger partial charge in [-0.1, -0.05) is 55.7 Å². The Bertz CT molecular complexity index is 343. The monoisotopic (exact) mass is 170 g/mol. The van der Waals surface area contributed by atoms with E-state index in [0.717, 1.165) is 5.56 Å². The third-order valence-corrected chi connectivity index (χ3v) is 1.97. The molecule has 0 N–H and O–H groups in total. The fourth-order valence-electron chi connectivity index (χ4n) is 1.30. The lowest BCUT2D eigenvalue weighted by atomic mass is 10.0. The van der Waals surface area contributed by atoms with Gasteiger partial charge in [-0.15, -0.1) is 0 Å². The number of benzene rings is 1. The lowest BCUT2D eigenvalue weighted by molar-refractivity contribution is 1.54. The summed E-state index contributed by atoms with van der Waals surface area (Å²) in [6, 6.07) is 8.19. The minimum absolute atomic E-state index is 1.16. The van der Waals surface area contributed by atoms with Crippen molar-refractivity contribution < 1.29 is 0 Å². The summed E-state index contributed by atoms with van der Waals surface area (Å²) >= 11 is 0. The van der Waals surface area contributed by atoms with Crippen LogP contribution < -0.4 is 0 Å². The lowest BCUT2D eigenvalue weighted by Gasteiger charge is -2.04. The molecule has 0 aromatic heterocycles. The smallest absolute Gasteiger partial charge is 0.0155 e. The van der Waals surface area contributed by atoms with E-state index in [1.807, 2.05) is 24.3 Å². The average Bonchev–Trinajstić information content (AvgIpc) is 2.18. The Kier molecular flexibility index (Phi) is 3.27. The normalized spacial score (nSPS) is 11.0. The minimum atomic E-state index is 1.16. The first-order valence-corrected chi connectivity index (χ1v) is 4.30. The second-order valence-electron chi connectivity index (χ2n) is 2.88. The van der Waals surface area contributed by atoms with Crippen molar-refractivity contribution in [3.8, 4) is 0 Å². The largest absolute Gasteiger partial charge is 0.0991 e. The van der Waals surface area contributed by atoms with Gasteiger partial charge in [0.25, 0.3) is 0 Å². The molecule has 0 amide bonds. The standard InChI is InChI=1S/C13H14/c1-4-8-11(3)13-10-7-6-9-12(13)5-2/h4-10H,1-2H2,3H3/b11-8-. The Balaban J connectivity index is 3.20. The molecule has 1 aromatic rings. The van der Waals surface area contributed by atoms with Crippen LogP contribution in [-0.2, 0) is 0 Å². The maximum Gasteiger partial charge on any atom is -0.0155 e. The van der Waals surface area contributed by atoms with E-state index in [1.54, 1.807) is 6.08 Å². The lowest BCUT2D eigenvalue weighted by Crippen LogP contribution is -1.83. The summed E-state index contributed by atoms with van der Waals surface area (Å²) < 4.78 is 0. The molecule has 0 aliphatic carbocycles. The van der Waals surface area contributed by atoms with E-state index in [1.165, 1.54) is 11.1 Å². The van der Waals surface area contributed by atoms with Crippen LogP contribution in [0.2, 0.25) is 0 Å². The highest BCUT2D eigenvalue weighted by Crippen LogP contribution is 2.19. The summed E-state index contributed by atoms with van der Waals surface area (Å²) in [6.45, 7) is 9.53. The van der Waals surface area contributed by atoms with E-state index >= 15 is 0 Å². The SMILES string of the molecule is C=C/C=C(/C)c1ccccc1C=C. The summed E-state index contributed by atoms with van der Waals surface area (Å²) in [6.07, 6.45) is 5.67. The Morgan fingerprint density at radius 1 is 1.23 bits per heavy atom. The second kappa shape index (κ2) is 4.46. The van der Waals surface area contributed by atoms with E-state index in [9.17, 15) is 0 Å². The van der Waals surface area contributed by atoms with Gasteiger partial charge in [-0.25, -0.2) is 0 Å². The van der Waals surface area contributed by atoms with Crippen LogP contribution in [0.4, 0.5) is 0 Å². The molecule has 0 radical (unpaired) electrons. The molecule has 0 bridgehead atoms. The van der Waals surface area contributed by atoms with Gasteiger partial charge in [-0.05, 0) is 23.6 Å². The van der Waals surface area contributed by atoms with Crippen molar-refractivity contribution in [3.63, 3.8) is 0 Å². The van der Waals surface area contributed by atoms with Gasteiger partial charge in [0.05, 0.1) is 0 Å². The first kappa shape index (κ1) is 9.53. The van der Waals surface area contributed by atoms with Crippen molar-refractivity contribution >= 4 is 11.6 Å². The van der Waals surface area contributed by atoms with E-state index < -0.39 is 0 Å². The molecule has 0 aliphatic rings. The van der Waals surface area contributed by atoms with Crippen LogP contribution in [0.5, 0.6) is 0 Å². The molecular formula is C13H14. The summed E-state index contributed by atoms with van der Waals surface area (Å²) in [7, 11) is 0. The fourth-order valence-corrected chi connectivity index (χ4v) is 1.30. The summed E-state index contributed by atoms with van der Waals surface area (Å²) in [5, 5.41) is 0. The molecule has 0 fully saturated rings. The van der Waals surface area contributed by atoms with E-state index in [0.29, 0.717) is 0 Å². The molecule has 0 heteroatoms. The molecule has 13 heavy (non-hydrogen) atoms. The zero-order chi connectivity index (χ0) is 9.68. The van der Waals surface area contributed by atoms with Crippen molar-refractivity contribution in [2.75, 3.05) is 0 Å². The van der Waals surface area contributed by atoms with Crippen LogP contribution in [0.1, 0.15) is 18.1 Å². The molecule has 0 unspecified atom stereocenters. The third kappa shape index (κ3) is 2.19. The number of hydrogen-bond donors (Lipinski definition) is 0. The average molecular weight is 170 g/mol. The van der Waals surface area contributed by atoms with Gasteiger partial charge in [0.15, 0.2) is 0 Å². The molecule has 0 nitrogen and oxygen atoms in total. The molecule has 0 heterocycles. The van der Waals surface area contributed by atoms with Crippen molar-refractivity contribution in [3.05, 3.63) is 60.7 Å². The Morgan fingerprint density at radius 2 is 1.92 bits per heavy atom. The van der Waals surface area contributed by atoms with Gasteiger partial charge in [0.2, 0.25) is 0 Å². The number of hydrogen-bond acceptors (Lipinski definition) is 0. The summed E-state index contributed by atoms with van der Waals surface area (Å²) in [4.78, 5) is 0. The van der Waals surface area contributed by atoms with Gasteiger partial charge in [0.1, 0.15) is 0 Å². The van der Waals surface area contributed by atoms with E-state index in [-0.39, 0.29) is 0 Å². The topological polar surface area (TPSA) is 0 Å². The van der Waals surface area contributed by atoms with E-state index in [2.05, 4.69) is 32.2 Å². The van der Waals surface area contributed by atoms with Crippen molar-refractivity contribution in [2.24, 2.45) is 0 Å². The molecular weight excluding hydrogens is 156 g/mol. The minimum Gasteiger partial charge on any atom is -0.0991 e. The van der Waals surface area contributed by atoms with Crippen LogP contribution in [0.3, 0.4) is 0 Å². The zero-order valence-corrected chi connectivity index (χ0v) is 7.96. The number of allylic oxidation sites excluding steroid dienone is 3. The van der Waals surface area contributed by atoms with Crippen LogP contribution in [0, 0.1) is 0 Å². The molecule has 66 valence electrons. The number of rotatable bonds is 3. The summed E-state index contributed by atoms with van der Waals surface area (Å²) in [5.74, 6) is 0. The maximum absolute atomic E-state index is 3.78. The fraction of sp³-hybridized carbons (Fsp3) is 0.0769. The van der Waals surface area contributed by atoms with Gasteiger partial charge in [-0.3, -0.25) is 0 Å². The molecule has 0 spiro atoms. The van der Waals surface area contributed by atoms with Crippen molar-refractivity contribution in [2.45, 2.75) is 6.92 Å². The molecule has 0 saturated carbocycles. The Morgan fingerprint density at radius 3 is 2.54 bits per heavy atom. The van der Waals surface area contributed by atoms with E-state index in [4.69, 9.17) is 0 Å². The van der Waals surface area contributed by atoms with Crippen molar-refractivity contribution in [1.29, 1.82) is 0 Å². The maximum atomic E-state index is 3.78. The highest BCUT2D eigenvalue weighted by molar-refractivity contribution is 5.73. The van der Waals surface area contributed by atoms with Crippen LogP contribution >= 0.6 is 0 Å². The predicted octanol–water partition coefficient (Wildman–Crippen LogP) is 3.92. The first-order chi connectivity index (χ1) is 6.29. The quantitative estimate of drug-likeness (QED) is 0.603. The van der Waals surface area contributed by atoms with Crippen molar-refractivity contribution in [1.82, 2.24) is 0 Å². The van der Waals surface area contributed by atoms with Gasteiger partial charge >= 0.3 is 0 Å². The highest BCUT2D eigenvalue weighted by Gasteiger charge is 1.98. The molecule has 1 rings (SSSR count). The summed E-state index contributed by atoms with van der Waals surface area (Å²) in [5.41, 5.74) is 3.60. The molecule has 0 aliphatic heterocycles. The third-order valence-electron chi connectivity index (χ3n) is 1.97. The van der Waals surface area contributed by atoms with Gasteiger partial charge in [-0.2, -0.15) is 0 Å². The Labute approximate surface area is 79.9 Å². The predicted molar refractivity (Wildman–Crippen MR) is 60.4 cm³/mol. The molecule has 1 aromatic carbocycles. The van der Waals surface area contributed by atoms with Gasteiger partial charge in [0, 0.05) is 0 Å². The molecule has 0 atom stereocenters. The highest BCUT2D eigenvalue weighted by atomic mass is 14.0. The Hall–Kier alpha value is -1.56.